The Morgan fingerprint density at radius 2 is 1.68 bits per heavy atom. The van der Waals surface area contributed by atoms with Crippen LogP contribution in [0, 0.1) is 25.2 Å². The smallest absolute Gasteiger partial charge is 0.300 e. The molecule has 2 aromatic carbocycles. The summed E-state index contributed by atoms with van der Waals surface area (Å²) in [5.41, 5.74) is 4.05. The third-order valence-electron chi connectivity index (χ3n) is 5.52. The molecule has 4 rings (SSSR count). The number of hydrogen-bond donors (Lipinski definition) is 1. The zero-order chi connectivity index (χ0) is 22.1. The fourth-order valence-electron chi connectivity index (χ4n) is 3.70. The molecule has 0 bridgehead atoms. The molecule has 152 valence electrons. The van der Waals surface area contributed by atoms with E-state index >= 15 is 0 Å². The number of carbonyl (C=O) groups is 2. The van der Waals surface area contributed by atoms with Gasteiger partial charge in [-0.15, -0.1) is 0 Å². The first-order valence-corrected chi connectivity index (χ1v) is 9.71. The number of aryl methyl sites for hydroxylation is 2. The SMILES string of the molecule is Cc1ccc(/C(O)=C2/C(=O)C(=O)N(c3ccc(C#N)cc3)C2c2ccncc2)cc1C. The van der Waals surface area contributed by atoms with Crippen molar-refractivity contribution >= 4 is 23.1 Å². The Hall–Kier alpha value is -4.24. The van der Waals surface area contributed by atoms with Crippen LogP contribution in [0.1, 0.15) is 33.9 Å². The van der Waals surface area contributed by atoms with Crippen LogP contribution < -0.4 is 4.90 Å². The number of Topliss-reactive ketones (excluding diaryl/α,β-unsaturated/α-hetero) is 1. The molecule has 0 aliphatic carbocycles. The molecule has 1 aliphatic rings. The summed E-state index contributed by atoms with van der Waals surface area (Å²) in [5.74, 6) is -1.72. The number of amides is 1. The Kier molecular flexibility index (Phi) is 5.10. The number of aliphatic hydroxyl groups is 1. The number of aromatic nitrogens is 1. The van der Waals surface area contributed by atoms with Gasteiger partial charge in [0.05, 0.1) is 23.2 Å². The van der Waals surface area contributed by atoms with Gasteiger partial charge in [0.2, 0.25) is 0 Å². The fraction of sp³-hybridized carbons (Fsp3) is 0.120. The maximum Gasteiger partial charge on any atom is 0.300 e. The quantitative estimate of drug-likeness (QED) is 0.398. The van der Waals surface area contributed by atoms with Gasteiger partial charge in [-0.25, -0.2) is 0 Å². The normalized spacial score (nSPS) is 17.6. The van der Waals surface area contributed by atoms with Gasteiger partial charge in [0, 0.05) is 23.6 Å². The predicted molar refractivity (Wildman–Crippen MR) is 116 cm³/mol. The molecule has 3 aromatic rings. The highest BCUT2D eigenvalue weighted by Crippen LogP contribution is 2.42. The summed E-state index contributed by atoms with van der Waals surface area (Å²) in [6.07, 6.45) is 3.15. The third kappa shape index (κ3) is 3.47. The van der Waals surface area contributed by atoms with E-state index in [4.69, 9.17) is 5.26 Å². The van der Waals surface area contributed by atoms with E-state index in [-0.39, 0.29) is 11.3 Å². The molecule has 0 spiro atoms. The van der Waals surface area contributed by atoms with Crippen molar-refractivity contribution < 1.29 is 14.7 Å². The number of carbonyl (C=O) groups excluding carboxylic acids is 2. The van der Waals surface area contributed by atoms with Crippen LogP contribution in [0.3, 0.4) is 0 Å². The molecule has 1 unspecified atom stereocenters. The Morgan fingerprint density at radius 1 is 1.00 bits per heavy atom. The number of benzene rings is 2. The van der Waals surface area contributed by atoms with Gasteiger partial charge < -0.3 is 5.11 Å². The molecule has 0 radical (unpaired) electrons. The van der Waals surface area contributed by atoms with Gasteiger partial charge in [-0.3, -0.25) is 19.5 Å². The number of aliphatic hydroxyl groups excluding tert-OH is 1. The second kappa shape index (κ2) is 7.88. The standard InChI is InChI=1S/C25H19N3O3/c1-15-3-6-19(13-16(15)2)23(29)21-22(18-9-11-27-12-10-18)28(25(31)24(21)30)20-7-4-17(14-26)5-8-20/h3-13,22,29H,1-2H3/b23-21-. The van der Waals surface area contributed by atoms with Crippen molar-refractivity contribution in [2.45, 2.75) is 19.9 Å². The molecule has 2 heterocycles. The van der Waals surface area contributed by atoms with Gasteiger partial charge in [0.15, 0.2) is 0 Å². The van der Waals surface area contributed by atoms with Gasteiger partial charge in [-0.1, -0.05) is 12.1 Å². The lowest BCUT2D eigenvalue weighted by Gasteiger charge is -2.25. The third-order valence-corrected chi connectivity index (χ3v) is 5.52. The van der Waals surface area contributed by atoms with Crippen LogP contribution >= 0.6 is 0 Å². The minimum Gasteiger partial charge on any atom is -0.507 e. The van der Waals surface area contributed by atoms with Crippen molar-refractivity contribution in [3.8, 4) is 6.07 Å². The molecule has 1 saturated heterocycles. The minimum absolute atomic E-state index is 0.0174. The number of ketones is 1. The maximum absolute atomic E-state index is 13.1. The summed E-state index contributed by atoms with van der Waals surface area (Å²) in [6.45, 7) is 3.88. The van der Waals surface area contributed by atoms with Crippen LogP contribution in [0.25, 0.3) is 5.76 Å². The van der Waals surface area contributed by atoms with Gasteiger partial charge in [-0.05, 0) is 73.0 Å². The average Bonchev–Trinajstić information content (AvgIpc) is 3.06. The Morgan fingerprint density at radius 3 is 2.29 bits per heavy atom. The van der Waals surface area contributed by atoms with E-state index in [9.17, 15) is 14.7 Å². The molecule has 1 atom stereocenters. The zero-order valence-corrected chi connectivity index (χ0v) is 17.0. The topological polar surface area (TPSA) is 94.3 Å². The van der Waals surface area contributed by atoms with Crippen molar-refractivity contribution in [3.63, 3.8) is 0 Å². The highest BCUT2D eigenvalue weighted by atomic mass is 16.3. The summed E-state index contributed by atoms with van der Waals surface area (Å²) in [5, 5.41) is 20.2. The van der Waals surface area contributed by atoms with Crippen LogP contribution in [0.4, 0.5) is 5.69 Å². The number of hydrogen-bond acceptors (Lipinski definition) is 5. The molecule has 1 aliphatic heterocycles. The second-order valence-corrected chi connectivity index (χ2v) is 7.41. The first-order valence-electron chi connectivity index (χ1n) is 9.71. The van der Waals surface area contributed by atoms with E-state index in [1.54, 1.807) is 60.9 Å². The van der Waals surface area contributed by atoms with Crippen LogP contribution in [0.2, 0.25) is 0 Å². The minimum atomic E-state index is -0.822. The maximum atomic E-state index is 13.1. The van der Waals surface area contributed by atoms with Crippen LogP contribution in [-0.4, -0.2) is 21.8 Å². The lowest BCUT2D eigenvalue weighted by molar-refractivity contribution is -0.132. The average molecular weight is 409 g/mol. The molecular weight excluding hydrogens is 390 g/mol. The van der Waals surface area contributed by atoms with Gasteiger partial charge in [0.25, 0.3) is 11.7 Å². The molecule has 6 nitrogen and oxygen atoms in total. The van der Waals surface area contributed by atoms with E-state index in [1.165, 1.54) is 4.90 Å². The summed E-state index contributed by atoms with van der Waals surface area (Å²) in [7, 11) is 0. The predicted octanol–water partition coefficient (Wildman–Crippen LogP) is 4.20. The van der Waals surface area contributed by atoms with Gasteiger partial charge in [0.1, 0.15) is 5.76 Å². The zero-order valence-electron chi connectivity index (χ0n) is 17.0. The van der Waals surface area contributed by atoms with Crippen molar-refractivity contribution in [1.29, 1.82) is 5.26 Å². The molecule has 1 amide bonds. The van der Waals surface area contributed by atoms with Crippen molar-refractivity contribution in [1.82, 2.24) is 4.98 Å². The number of anilines is 1. The van der Waals surface area contributed by atoms with E-state index in [0.717, 1.165) is 11.1 Å². The van der Waals surface area contributed by atoms with Gasteiger partial charge >= 0.3 is 0 Å². The van der Waals surface area contributed by atoms with E-state index < -0.39 is 17.7 Å². The largest absolute Gasteiger partial charge is 0.507 e. The first kappa shape index (κ1) is 20.0. The first-order chi connectivity index (χ1) is 14.9. The summed E-state index contributed by atoms with van der Waals surface area (Å²) in [6, 6.07) is 16.4. The second-order valence-electron chi connectivity index (χ2n) is 7.41. The number of pyridine rings is 1. The van der Waals surface area contributed by atoms with Crippen molar-refractivity contribution in [2.75, 3.05) is 4.90 Å². The summed E-state index contributed by atoms with van der Waals surface area (Å²) in [4.78, 5) is 31.5. The Labute approximate surface area is 179 Å². The molecule has 31 heavy (non-hydrogen) atoms. The van der Waals surface area contributed by atoms with Crippen LogP contribution in [-0.2, 0) is 9.59 Å². The summed E-state index contributed by atoms with van der Waals surface area (Å²) < 4.78 is 0. The number of rotatable bonds is 3. The van der Waals surface area contributed by atoms with E-state index in [2.05, 4.69) is 4.98 Å². The number of nitrogens with zero attached hydrogens (tertiary/aromatic N) is 3. The lowest BCUT2D eigenvalue weighted by Crippen LogP contribution is -2.29. The van der Waals surface area contributed by atoms with Crippen LogP contribution in [0.5, 0.6) is 0 Å². The Bertz CT molecular complexity index is 1260. The molecule has 1 aromatic heterocycles. The molecule has 1 N–H and O–H groups in total. The summed E-state index contributed by atoms with van der Waals surface area (Å²) >= 11 is 0. The highest BCUT2D eigenvalue weighted by Gasteiger charge is 2.46. The number of nitriles is 1. The Balaban J connectivity index is 1.93. The fourth-order valence-corrected chi connectivity index (χ4v) is 3.70. The van der Waals surface area contributed by atoms with E-state index in [1.807, 2.05) is 26.0 Å². The molecule has 1 fully saturated rings. The monoisotopic (exact) mass is 409 g/mol. The molecule has 6 heteroatoms. The van der Waals surface area contributed by atoms with Crippen LogP contribution in [0.15, 0.2) is 72.6 Å². The van der Waals surface area contributed by atoms with Gasteiger partial charge in [-0.2, -0.15) is 5.26 Å². The van der Waals surface area contributed by atoms with Crippen molar-refractivity contribution in [3.05, 3.63) is 100 Å². The lowest BCUT2D eigenvalue weighted by atomic mass is 9.94. The molecule has 0 saturated carbocycles. The van der Waals surface area contributed by atoms with E-state index in [0.29, 0.717) is 22.4 Å². The molecular formula is C25H19N3O3. The highest BCUT2D eigenvalue weighted by molar-refractivity contribution is 6.51. The van der Waals surface area contributed by atoms with Crippen molar-refractivity contribution in [2.24, 2.45) is 0 Å².